The van der Waals surface area contributed by atoms with E-state index in [-0.39, 0.29) is 6.42 Å². The first-order chi connectivity index (χ1) is 14.6. The number of nitrogens with zero attached hydrogens (tertiary/aromatic N) is 1. The van der Waals surface area contributed by atoms with Crippen LogP contribution in [0.5, 0.6) is 0 Å². The average molecular weight is 396 g/mol. The van der Waals surface area contributed by atoms with Crippen LogP contribution in [0.25, 0.3) is 28.1 Å². The third-order valence-electron chi connectivity index (χ3n) is 5.45. The minimum Gasteiger partial charge on any atom is -0.481 e. The molecule has 0 aliphatic heterocycles. The molecule has 0 aliphatic rings. The first-order valence-corrected chi connectivity index (χ1v) is 10.3. The highest BCUT2D eigenvalue weighted by Crippen LogP contribution is 2.35. The number of carbonyl (C=O) groups is 1. The summed E-state index contributed by atoms with van der Waals surface area (Å²) in [6.45, 7) is 2.16. The lowest BCUT2D eigenvalue weighted by Gasteiger charge is -2.13. The van der Waals surface area contributed by atoms with Crippen molar-refractivity contribution >= 4 is 5.97 Å². The summed E-state index contributed by atoms with van der Waals surface area (Å²) in [5.41, 5.74) is 8.22. The number of hydrogen-bond donors (Lipinski definition) is 1. The third-order valence-corrected chi connectivity index (χ3v) is 5.45. The van der Waals surface area contributed by atoms with E-state index in [1.54, 1.807) is 0 Å². The van der Waals surface area contributed by atoms with Crippen molar-refractivity contribution in [2.45, 2.75) is 26.2 Å². The molecule has 3 aromatic carbocycles. The summed E-state index contributed by atoms with van der Waals surface area (Å²) >= 11 is 0. The smallest absolute Gasteiger partial charge is 0.303 e. The minimum atomic E-state index is -0.740. The summed E-state index contributed by atoms with van der Waals surface area (Å²) in [5, 5.41) is 8.85. The molecule has 4 aromatic rings. The van der Waals surface area contributed by atoms with E-state index in [0.717, 1.165) is 23.4 Å². The predicted molar refractivity (Wildman–Crippen MR) is 122 cm³/mol. The maximum Gasteiger partial charge on any atom is 0.303 e. The van der Waals surface area contributed by atoms with Gasteiger partial charge in [0.1, 0.15) is 0 Å². The molecule has 4 rings (SSSR count). The normalized spacial score (nSPS) is 10.8. The van der Waals surface area contributed by atoms with Gasteiger partial charge in [-0.15, -0.1) is 0 Å². The fourth-order valence-corrected chi connectivity index (χ4v) is 3.93. The Labute approximate surface area is 177 Å². The van der Waals surface area contributed by atoms with Gasteiger partial charge in [-0.1, -0.05) is 72.8 Å². The molecule has 1 heterocycles. The largest absolute Gasteiger partial charge is 0.481 e. The zero-order valence-electron chi connectivity index (χ0n) is 17.1. The summed E-state index contributed by atoms with van der Waals surface area (Å²) in [6.07, 6.45) is 1.64. The molecule has 0 fully saturated rings. The van der Waals surface area contributed by atoms with Crippen molar-refractivity contribution in [1.82, 2.24) is 4.57 Å². The molecule has 3 nitrogen and oxygen atoms in total. The number of benzene rings is 3. The molecule has 0 spiro atoms. The molecule has 3 heteroatoms. The Hall–Kier alpha value is -3.59. The maximum atomic E-state index is 10.8. The Bertz CT molecular complexity index is 1130. The van der Waals surface area contributed by atoms with Gasteiger partial charge in [0, 0.05) is 23.4 Å². The topological polar surface area (TPSA) is 42.2 Å². The minimum absolute atomic E-state index is 0.205. The fourth-order valence-electron chi connectivity index (χ4n) is 3.93. The lowest BCUT2D eigenvalue weighted by Crippen LogP contribution is -2.00. The Morgan fingerprint density at radius 1 is 0.833 bits per heavy atom. The van der Waals surface area contributed by atoms with Gasteiger partial charge in [0.05, 0.1) is 5.69 Å². The Morgan fingerprint density at radius 3 is 2.03 bits per heavy atom. The zero-order chi connectivity index (χ0) is 20.9. The molecule has 1 aromatic heterocycles. The van der Waals surface area contributed by atoms with E-state index in [1.165, 1.54) is 22.4 Å². The molecule has 0 saturated heterocycles. The first-order valence-electron chi connectivity index (χ1n) is 10.3. The van der Waals surface area contributed by atoms with Gasteiger partial charge in [-0.05, 0) is 54.7 Å². The summed E-state index contributed by atoms with van der Waals surface area (Å²) in [5.74, 6) is -0.740. The fraction of sp³-hybridized carbons (Fsp3) is 0.148. The van der Waals surface area contributed by atoms with Crippen molar-refractivity contribution in [2.24, 2.45) is 0 Å². The van der Waals surface area contributed by atoms with Crippen LogP contribution in [0.3, 0.4) is 0 Å². The van der Waals surface area contributed by atoms with Crippen LogP contribution in [0, 0.1) is 6.92 Å². The van der Waals surface area contributed by atoms with Crippen LogP contribution >= 0.6 is 0 Å². The average Bonchev–Trinajstić information content (AvgIpc) is 3.12. The van der Waals surface area contributed by atoms with Crippen molar-refractivity contribution in [3.05, 3.63) is 102 Å². The van der Waals surface area contributed by atoms with Crippen molar-refractivity contribution in [3.63, 3.8) is 0 Å². The van der Waals surface area contributed by atoms with E-state index in [2.05, 4.69) is 90.4 Å². The van der Waals surface area contributed by atoms with Crippen LogP contribution in [0.1, 0.15) is 24.1 Å². The second kappa shape index (κ2) is 8.83. The highest BCUT2D eigenvalue weighted by molar-refractivity contribution is 5.77. The maximum absolute atomic E-state index is 10.8. The molecule has 0 bridgehead atoms. The zero-order valence-corrected chi connectivity index (χ0v) is 17.1. The van der Waals surface area contributed by atoms with E-state index in [4.69, 9.17) is 5.11 Å². The van der Waals surface area contributed by atoms with Gasteiger partial charge in [-0.25, -0.2) is 0 Å². The molecule has 0 amide bonds. The predicted octanol–water partition coefficient (Wildman–Crippen LogP) is 6.53. The Morgan fingerprint density at radius 2 is 1.43 bits per heavy atom. The summed E-state index contributed by atoms with van der Waals surface area (Å²) in [4.78, 5) is 10.8. The summed E-state index contributed by atoms with van der Waals surface area (Å²) < 4.78 is 2.30. The van der Waals surface area contributed by atoms with Gasteiger partial charge in [0.15, 0.2) is 0 Å². The standard InChI is InChI=1S/C27H25NO2/c1-20-25(22-10-4-2-5-11-22)19-26(23-12-6-3-7-13-23)28(20)24-17-15-21(16-18-24)9-8-14-27(29)30/h2-7,10-13,15-19H,8-9,14H2,1H3,(H,29,30). The number of carboxylic acid groups (broad SMARTS) is 1. The molecule has 0 saturated carbocycles. The molecule has 0 radical (unpaired) electrons. The van der Waals surface area contributed by atoms with Crippen molar-refractivity contribution < 1.29 is 9.90 Å². The van der Waals surface area contributed by atoms with Gasteiger partial charge < -0.3 is 9.67 Å². The van der Waals surface area contributed by atoms with Crippen LogP contribution in [-0.4, -0.2) is 15.6 Å². The number of carboxylic acids is 1. The Kier molecular flexibility index (Phi) is 5.80. The molecule has 0 unspecified atom stereocenters. The number of aryl methyl sites for hydroxylation is 1. The van der Waals surface area contributed by atoms with Gasteiger partial charge >= 0.3 is 5.97 Å². The molecular formula is C27H25NO2. The molecular weight excluding hydrogens is 370 g/mol. The second-order valence-corrected chi connectivity index (χ2v) is 7.51. The molecule has 30 heavy (non-hydrogen) atoms. The van der Waals surface area contributed by atoms with E-state index in [1.807, 2.05) is 12.1 Å². The highest BCUT2D eigenvalue weighted by atomic mass is 16.4. The van der Waals surface area contributed by atoms with E-state index >= 15 is 0 Å². The van der Waals surface area contributed by atoms with Crippen LogP contribution in [0.2, 0.25) is 0 Å². The first kappa shape index (κ1) is 19.7. The monoisotopic (exact) mass is 395 g/mol. The van der Waals surface area contributed by atoms with E-state index in [9.17, 15) is 4.79 Å². The van der Waals surface area contributed by atoms with Gasteiger partial charge in [0.2, 0.25) is 0 Å². The molecule has 0 aliphatic carbocycles. The van der Waals surface area contributed by atoms with E-state index in [0.29, 0.717) is 6.42 Å². The van der Waals surface area contributed by atoms with Crippen LogP contribution in [-0.2, 0) is 11.2 Å². The SMILES string of the molecule is Cc1c(-c2ccccc2)cc(-c2ccccc2)n1-c1ccc(CCCC(=O)O)cc1. The lowest BCUT2D eigenvalue weighted by atomic mass is 10.1. The van der Waals surface area contributed by atoms with E-state index < -0.39 is 5.97 Å². The van der Waals surface area contributed by atoms with Crippen LogP contribution in [0.4, 0.5) is 0 Å². The van der Waals surface area contributed by atoms with Crippen molar-refractivity contribution in [2.75, 3.05) is 0 Å². The molecule has 1 N–H and O–H groups in total. The second-order valence-electron chi connectivity index (χ2n) is 7.51. The number of rotatable bonds is 7. The Balaban J connectivity index is 1.75. The summed E-state index contributed by atoms with van der Waals surface area (Å²) in [7, 11) is 0. The van der Waals surface area contributed by atoms with Crippen molar-refractivity contribution in [3.8, 4) is 28.1 Å². The lowest BCUT2D eigenvalue weighted by molar-refractivity contribution is -0.137. The van der Waals surface area contributed by atoms with Gasteiger partial charge in [-0.2, -0.15) is 0 Å². The number of hydrogen-bond acceptors (Lipinski definition) is 1. The number of aromatic nitrogens is 1. The van der Waals surface area contributed by atoms with Crippen molar-refractivity contribution in [1.29, 1.82) is 0 Å². The molecule has 0 atom stereocenters. The quantitative estimate of drug-likeness (QED) is 0.387. The number of aliphatic carboxylic acids is 1. The van der Waals surface area contributed by atoms with Crippen LogP contribution < -0.4 is 0 Å². The molecule has 150 valence electrons. The highest BCUT2D eigenvalue weighted by Gasteiger charge is 2.16. The van der Waals surface area contributed by atoms with Gasteiger partial charge in [0.25, 0.3) is 0 Å². The summed E-state index contributed by atoms with van der Waals surface area (Å²) in [6, 6.07) is 31.6. The van der Waals surface area contributed by atoms with Gasteiger partial charge in [-0.3, -0.25) is 4.79 Å². The van der Waals surface area contributed by atoms with Crippen LogP contribution in [0.15, 0.2) is 91.0 Å². The third kappa shape index (κ3) is 4.20.